The predicted molar refractivity (Wildman–Crippen MR) is 48.9 cm³/mol. The molecule has 1 atom stereocenters. The Morgan fingerprint density at radius 1 is 1.31 bits per heavy atom. The van der Waals surface area contributed by atoms with E-state index in [0.29, 0.717) is 6.07 Å². The van der Waals surface area contributed by atoms with Crippen LogP contribution in [0.2, 0.25) is 0 Å². The molecule has 7 heteroatoms. The van der Waals surface area contributed by atoms with E-state index in [1.165, 1.54) is 0 Å². The summed E-state index contributed by atoms with van der Waals surface area (Å²) >= 11 is -2.40. The Balaban J connectivity index is 3.00. The molecule has 0 amide bonds. The third-order valence-electron chi connectivity index (χ3n) is 1.92. The van der Waals surface area contributed by atoms with Crippen molar-refractivity contribution >= 4 is 11.1 Å². The highest BCUT2D eigenvalue weighted by Crippen LogP contribution is 2.32. The van der Waals surface area contributed by atoms with E-state index in [-0.39, 0.29) is 12.0 Å². The molecular formula is C9H7F4O2S-. The average Bonchev–Trinajstić information content (AvgIpc) is 2.14. The second kappa shape index (κ2) is 4.92. The number of hydrogen-bond donors (Lipinski definition) is 0. The number of alkyl halides is 3. The van der Waals surface area contributed by atoms with Crippen LogP contribution in [0.25, 0.3) is 0 Å². The van der Waals surface area contributed by atoms with Crippen molar-refractivity contribution < 1.29 is 26.3 Å². The van der Waals surface area contributed by atoms with Crippen molar-refractivity contribution in [1.29, 1.82) is 0 Å². The normalized spacial score (nSPS) is 13.8. The standard InChI is InChI=1S/C9H8F4O2S/c10-8-6(4-5-16(14)15)2-1-3-7(8)9(11,12)13/h1-3H,4-5H2,(H,14,15)/p-1. The van der Waals surface area contributed by atoms with Crippen LogP contribution in [0.5, 0.6) is 0 Å². The van der Waals surface area contributed by atoms with Gasteiger partial charge in [0.05, 0.1) is 5.56 Å². The van der Waals surface area contributed by atoms with Crippen LogP contribution >= 0.6 is 0 Å². The van der Waals surface area contributed by atoms with Crippen LogP contribution in [-0.2, 0) is 23.7 Å². The van der Waals surface area contributed by atoms with E-state index in [9.17, 15) is 26.3 Å². The third kappa shape index (κ3) is 3.28. The second-order valence-corrected chi connectivity index (χ2v) is 4.05. The minimum absolute atomic E-state index is 0.251. The first-order valence-electron chi connectivity index (χ1n) is 4.23. The van der Waals surface area contributed by atoms with E-state index in [1.807, 2.05) is 0 Å². The minimum Gasteiger partial charge on any atom is -0.772 e. The molecule has 1 rings (SSSR count). The molecule has 16 heavy (non-hydrogen) atoms. The van der Waals surface area contributed by atoms with Gasteiger partial charge in [0.15, 0.2) is 0 Å². The van der Waals surface area contributed by atoms with Crippen LogP contribution in [0.1, 0.15) is 11.1 Å². The summed E-state index contributed by atoms with van der Waals surface area (Å²) in [5.74, 6) is -1.81. The maximum Gasteiger partial charge on any atom is 0.419 e. The van der Waals surface area contributed by atoms with E-state index >= 15 is 0 Å². The van der Waals surface area contributed by atoms with Gasteiger partial charge in [-0.3, -0.25) is 4.21 Å². The Kier molecular flexibility index (Phi) is 4.03. The highest BCUT2D eigenvalue weighted by molar-refractivity contribution is 7.79. The van der Waals surface area contributed by atoms with Crippen LogP contribution in [0.3, 0.4) is 0 Å². The first-order valence-corrected chi connectivity index (χ1v) is 5.47. The number of benzene rings is 1. The van der Waals surface area contributed by atoms with Gasteiger partial charge in [0.2, 0.25) is 0 Å². The molecule has 0 saturated heterocycles. The maximum absolute atomic E-state index is 13.3. The average molecular weight is 255 g/mol. The van der Waals surface area contributed by atoms with Crippen molar-refractivity contribution in [3.8, 4) is 0 Å². The van der Waals surface area contributed by atoms with E-state index in [4.69, 9.17) is 0 Å². The smallest absolute Gasteiger partial charge is 0.419 e. The number of halogens is 4. The molecule has 0 heterocycles. The van der Waals surface area contributed by atoms with Gasteiger partial charge in [0.1, 0.15) is 5.82 Å². The predicted octanol–water partition coefficient (Wildman–Crippen LogP) is 2.27. The summed E-state index contributed by atoms with van der Waals surface area (Å²) in [5.41, 5.74) is -1.62. The van der Waals surface area contributed by atoms with Gasteiger partial charge in [-0.15, -0.1) is 0 Å². The first kappa shape index (κ1) is 13.1. The van der Waals surface area contributed by atoms with Gasteiger partial charge in [-0.05, 0) is 18.1 Å². The molecule has 1 unspecified atom stereocenters. The first-order chi connectivity index (χ1) is 7.32. The van der Waals surface area contributed by atoms with Gasteiger partial charge in [-0.1, -0.05) is 23.2 Å². The fraction of sp³-hybridized carbons (Fsp3) is 0.333. The zero-order chi connectivity index (χ0) is 12.3. The largest absolute Gasteiger partial charge is 0.772 e. The lowest BCUT2D eigenvalue weighted by Gasteiger charge is -2.11. The van der Waals surface area contributed by atoms with Crippen molar-refractivity contribution in [3.63, 3.8) is 0 Å². The molecule has 0 N–H and O–H groups in total. The molecule has 0 spiro atoms. The fourth-order valence-electron chi connectivity index (χ4n) is 1.19. The van der Waals surface area contributed by atoms with E-state index < -0.39 is 34.4 Å². The molecule has 0 fully saturated rings. The zero-order valence-corrected chi connectivity index (χ0v) is 8.70. The Hall–Kier alpha value is -0.950. The Morgan fingerprint density at radius 3 is 2.44 bits per heavy atom. The molecule has 1 aromatic carbocycles. The van der Waals surface area contributed by atoms with Crippen molar-refractivity contribution in [2.24, 2.45) is 0 Å². The highest BCUT2D eigenvalue weighted by atomic mass is 32.2. The molecule has 0 saturated carbocycles. The Morgan fingerprint density at radius 2 is 1.94 bits per heavy atom. The Bertz CT molecular complexity index is 403. The molecule has 1 aromatic rings. The molecule has 0 aromatic heterocycles. The van der Waals surface area contributed by atoms with Crippen molar-refractivity contribution in [2.75, 3.05) is 5.75 Å². The van der Waals surface area contributed by atoms with Crippen LogP contribution in [0.4, 0.5) is 17.6 Å². The van der Waals surface area contributed by atoms with Gasteiger partial charge in [0.25, 0.3) is 0 Å². The van der Waals surface area contributed by atoms with Crippen molar-refractivity contribution in [3.05, 3.63) is 35.1 Å². The van der Waals surface area contributed by atoms with Crippen molar-refractivity contribution in [1.82, 2.24) is 0 Å². The molecule has 0 bridgehead atoms. The molecular weight excluding hydrogens is 248 g/mol. The molecule has 0 aliphatic carbocycles. The highest BCUT2D eigenvalue weighted by Gasteiger charge is 2.34. The van der Waals surface area contributed by atoms with Crippen LogP contribution < -0.4 is 0 Å². The maximum atomic E-state index is 13.3. The lowest BCUT2D eigenvalue weighted by atomic mass is 10.1. The summed E-state index contributed by atoms with van der Waals surface area (Å²) in [7, 11) is 0. The molecule has 0 aliphatic rings. The van der Waals surface area contributed by atoms with Gasteiger partial charge < -0.3 is 4.55 Å². The summed E-state index contributed by atoms with van der Waals surface area (Å²) < 4.78 is 70.5. The quantitative estimate of drug-likeness (QED) is 0.614. The molecule has 90 valence electrons. The summed E-state index contributed by atoms with van der Waals surface area (Å²) in [6.07, 6.45) is -5.04. The summed E-state index contributed by atoms with van der Waals surface area (Å²) in [4.78, 5) is 0. The van der Waals surface area contributed by atoms with E-state index in [1.54, 1.807) is 0 Å². The number of aryl methyl sites for hydroxylation is 1. The SMILES string of the molecule is O=S([O-])CCc1cccc(C(F)(F)F)c1F. The van der Waals surface area contributed by atoms with Crippen LogP contribution in [-0.4, -0.2) is 14.5 Å². The number of hydrogen-bond acceptors (Lipinski definition) is 2. The lowest BCUT2D eigenvalue weighted by Crippen LogP contribution is -2.11. The van der Waals surface area contributed by atoms with Gasteiger partial charge >= 0.3 is 6.18 Å². The number of rotatable bonds is 3. The minimum atomic E-state index is -4.77. The third-order valence-corrected chi connectivity index (χ3v) is 2.46. The lowest BCUT2D eigenvalue weighted by molar-refractivity contribution is -0.140. The summed E-state index contributed by atoms with van der Waals surface area (Å²) in [5, 5.41) is 0. The van der Waals surface area contributed by atoms with E-state index in [0.717, 1.165) is 12.1 Å². The van der Waals surface area contributed by atoms with Crippen LogP contribution in [0.15, 0.2) is 18.2 Å². The second-order valence-electron chi connectivity index (χ2n) is 3.03. The zero-order valence-electron chi connectivity index (χ0n) is 7.88. The van der Waals surface area contributed by atoms with Gasteiger partial charge in [0, 0.05) is 5.75 Å². The van der Waals surface area contributed by atoms with Gasteiger partial charge in [-0.2, -0.15) is 13.2 Å². The topological polar surface area (TPSA) is 40.1 Å². The van der Waals surface area contributed by atoms with Crippen LogP contribution in [0, 0.1) is 5.82 Å². The molecule has 2 nitrogen and oxygen atoms in total. The Labute approximate surface area is 91.6 Å². The molecule has 0 aliphatic heterocycles. The summed E-state index contributed by atoms with van der Waals surface area (Å²) in [6.45, 7) is 0. The molecule has 0 radical (unpaired) electrons. The fourth-order valence-corrected chi connectivity index (χ4v) is 1.57. The monoisotopic (exact) mass is 255 g/mol. The summed E-state index contributed by atoms with van der Waals surface area (Å²) in [6, 6.07) is 2.80. The van der Waals surface area contributed by atoms with Crippen molar-refractivity contribution in [2.45, 2.75) is 12.6 Å². The van der Waals surface area contributed by atoms with E-state index in [2.05, 4.69) is 0 Å². The van der Waals surface area contributed by atoms with Gasteiger partial charge in [-0.25, -0.2) is 4.39 Å².